The van der Waals surface area contributed by atoms with E-state index in [1.807, 2.05) is 0 Å². The number of hydrogen-bond donors (Lipinski definition) is 1. The standard InChI is InChI=1S/C18H26F3NO3S/c1-6-25-16(23)14(20)11-15(21)18(5,22-26(24)17(2,3)4)12-9-7-8-10-13(12)19/h7-10,14-15,22H,6,11H2,1-5H3/t14?,15-,18+,26-/m0/s1. The van der Waals surface area contributed by atoms with Crippen LogP contribution in [0.25, 0.3) is 0 Å². The summed E-state index contributed by atoms with van der Waals surface area (Å²) in [5.74, 6) is -1.90. The molecular weight excluding hydrogens is 367 g/mol. The van der Waals surface area contributed by atoms with Crippen LogP contribution in [0.3, 0.4) is 0 Å². The molecule has 4 atom stereocenters. The lowest BCUT2D eigenvalue weighted by Crippen LogP contribution is -2.53. The van der Waals surface area contributed by atoms with Crippen molar-refractivity contribution in [3.63, 3.8) is 0 Å². The number of carbonyl (C=O) groups is 1. The first-order valence-corrected chi connectivity index (χ1v) is 9.48. The topological polar surface area (TPSA) is 55.4 Å². The van der Waals surface area contributed by atoms with Crippen molar-refractivity contribution in [3.05, 3.63) is 35.6 Å². The van der Waals surface area contributed by atoms with E-state index >= 15 is 4.39 Å². The summed E-state index contributed by atoms with van der Waals surface area (Å²) in [5.41, 5.74) is -1.90. The molecule has 0 spiro atoms. The second-order valence-electron chi connectivity index (χ2n) is 7.09. The zero-order valence-electron chi connectivity index (χ0n) is 15.6. The van der Waals surface area contributed by atoms with Gasteiger partial charge in [0.1, 0.15) is 12.0 Å². The van der Waals surface area contributed by atoms with E-state index in [2.05, 4.69) is 9.46 Å². The van der Waals surface area contributed by atoms with Gasteiger partial charge >= 0.3 is 5.97 Å². The molecular formula is C18H26F3NO3S. The van der Waals surface area contributed by atoms with Crippen LogP contribution < -0.4 is 4.72 Å². The Morgan fingerprint density at radius 3 is 2.31 bits per heavy atom. The van der Waals surface area contributed by atoms with Crippen molar-refractivity contribution in [2.75, 3.05) is 6.61 Å². The van der Waals surface area contributed by atoms with Gasteiger partial charge in [-0.15, -0.1) is 0 Å². The number of alkyl halides is 2. The summed E-state index contributed by atoms with van der Waals surface area (Å²) in [5, 5.41) is 0. The summed E-state index contributed by atoms with van der Waals surface area (Å²) in [6.45, 7) is 7.78. The molecule has 1 rings (SSSR count). The van der Waals surface area contributed by atoms with Gasteiger partial charge in [-0.1, -0.05) is 18.2 Å². The van der Waals surface area contributed by atoms with Gasteiger partial charge in [-0.05, 0) is 40.7 Å². The van der Waals surface area contributed by atoms with Gasteiger partial charge in [-0.2, -0.15) is 0 Å². The summed E-state index contributed by atoms with van der Waals surface area (Å²) >= 11 is 0. The number of ether oxygens (including phenoxy) is 1. The zero-order chi connectivity index (χ0) is 20.1. The molecule has 0 aromatic heterocycles. The van der Waals surface area contributed by atoms with Gasteiger partial charge in [0.05, 0.1) is 27.9 Å². The van der Waals surface area contributed by atoms with E-state index < -0.39 is 51.8 Å². The van der Waals surface area contributed by atoms with E-state index in [9.17, 15) is 17.8 Å². The number of rotatable bonds is 8. The third kappa shape index (κ3) is 5.54. The number of nitrogens with one attached hydrogen (secondary N) is 1. The fourth-order valence-electron chi connectivity index (χ4n) is 2.26. The fraction of sp³-hybridized carbons (Fsp3) is 0.611. The van der Waals surface area contributed by atoms with Crippen molar-refractivity contribution in [1.29, 1.82) is 0 Å². The summed E-state index contributed by atoms with van der Waals surface area (Å²) in [6.07, 6.45) is -5.09. The predicted octanol–water partition coefficient (Wildman–Crippen LogP) is 3.72. The Morgan fingerprint density at radius 2 is 1.81 bits per heavy atom. The summed E-state index contributed by atoms with van der Waals surface area (Å²) in [6, 6.07) is 5.42. The fourth-order valence-corrected chi connectivity index (χ4v) is 3.19. The van der Waals surface area contributed by atoms with E-state index in [1.54, 1.807) is 20.8 Å². The van der Waals surface area contributed by atoms with Crippen LogP contribution in [-0.2, 0) is 26.1 Å². The molecule has 1 unspecified atom stereocenters. The van der Waals surface area contributed by atoms with E-state index in [-0.39, 0.29) is 12.2 Å². The van der Waals surface area contributed by atoms with Gasteiger partial charge in [0, 0.05) is 12.0 Å². The molecule has 1 N–H and O–H groups in total. The molecule has 1 aromatic rings. The maximum Gasteiger partial charge on any atom is 0.340 e. The van der Waals surface area contributed by atoms with Crippen LogP contribution >= 0.6 is 0 Å². The van der Waals surface area contributed by atoms with Gasteiger partial charge in [-0.3, -0.25) is 0 Å². The second kappa shape index (κ2) is 8.99. The van der Waals surface area contributed by atoms with Crippen LogP contribution in [0.5, 0.6) is 0 Å². The highest BCUT2D eigenvalue weighted by molar-refractivity contribution is 7.84. The molecule has 0 aliphatic rings. The van der Waals surface area contributed by atoms with Gasteiger partial charge in [0.15, 0.2) is 6.17 Å². The van der Waals surface area contributed by atoms with E-state index in [4.69, 9.17) is 0 Å². The lowest BCUT2D eigenvalue weighted by Gasteiger charge is -2.36. The van der Waals surface area contributed by atoms with Gasteiger partial charge < -0.3 is 4.74 Å². The average molecular weight is 393 g/mol. The molecule has 0 aliphatic heterocycles. The number of halogens is 3. The maximum atomic E-state index is 15.1. The highest BCUT2D eigenvalue weighted by Gasteiger charge is 2.43. The van der Waals surface area contributed by atoms with Gasteiger partial charge in [0.25, 0.3) is 0 Å². The number of carbonyl (C=O) groups excluding carboxylic acids is 1. The van der Waals surface area contributed by atoms with Gasteiger partial charge in [-0.25, -0.2) is 26.9 Å². The van der Waals surface area contributed by atoms with Crippen LogP contribution in [0, 0.1) is 5.82 Å². The summed E-state index contributed by atoms with van der Waals surface area (Å²) in [7, 11) is -1.76. The van der Waals surface area contributed by atoms with Gasteiger partial charge in [0.2, 0.25) is 0 Å². The minimum atomic E-state index is -2.21. The Bertz CT molecular complexity index is 651. The molecule has 0 saturated carbocycles. The van der Waals surface area contributed by atoms with Crippen LogP contribution in [0.2, 0.25) is 0 Å². The molecule has 4 nitrogen and oxygen atoms in total. The van der Waals surface area contributed by atoms with Crippen molar-refractivity contribution in [2.45, 2.75) is 63.7 Å². The van der Waals surface area contributed by atoms with Crippen LogP contribution in [0.1, 0.15) is 46.6 Å². The summed E-state index contributed by atoms with van der Waals surface area (Å²) in [4.78, 5) is 11.5. The highest BCUT2D eigenvalue weighted by atomic mass is 32.2. The van der Waals surface area contributed by atoms with E-state index in [1.165, 1.54) is 32.0 Å². The van der Waals surface area contributed by atoms with Crippen molar-refractivity contribution < 1.29 is 26.9 Å². The van der Waals surface area contributed by atoms with Crippen molar-refractivity contribution in [2.24, 2.45) is 0 Å². The van der Waals surface area contributed by atoms with E-state index in [0.29, 0.717) is 0 Å². The molecule has 8 heteroatoms. The normalized spacial score (nSPS) is 17.8. The third-order valence-corrected chi connectivity index (χ3v) is 5.60. The Hall–Kier alpha value is -1.41. The Labute approximate surface area is 155 Å². The lowest BCUT2D eigenvalue weighted by atomic mass is 9.85. The molecule has 0 heterocycles. The lowest BCUT2D eigenvalue weighted by molar-refractivity contribution is -0.150. The van der Waals surface area contributed by atoms with E-state index in [0.717, 1.165) is 6.07 Å². The number of benzene rings is 1. The molecule has 148 valence electrons. The molecule has 0 saturated heterocycles. The smallest absolute Gasteiger partial charge is 0.340 e. The minimum Gasteiger partial charge on any atom is -0.464 e. The SMILES string of the molecule is CCOC(=O)C(F)C[C@H](F)[C@](C)(N[S@@](=O)C(C)(C)C)c1ccccc1F. The monoisotopic (exact) mass is 393 g/mol. The van der Waals surface area contributed by atoms with Crippen LogP contribution in [0.4, 0.5) is 13.2 Å². The molecule has 26 heavy (non-hydrogen) atoms. The first-order chi connectivity index (χ1) is 11.9. The number of hydrogen-bond acceptors (Lipinski definition) is 3. The average Bonchev–Trinajstić information content (AvgIpc) is 2.54. The zero-order valence-corrected chi connectivity index (χ0v) is 16.5. The molecule has 1 aromatic carbocycles. The molecule has 0 aliphatic carbocycles. The minimum absolute atomic E-state index is 0.0346. The first-order valence-electron chi connectivity index (χ1n) is 8.33. The Balaban J connectivity index is 3.21. The van der Waals surface area contributed by atoms with Crippen molar-refractivity contribution in [1.82, 2.24) is 4.72 Å². The first kappa shape index (κ1) is 22.6. The highest BCUT2D eigenvalue weighted by Crippen LogP contribution is 2.33. The summed E-state index contributed by atoms with van der Waals surface area (Å²) < 4.78 is 62.4. The largest absolute Gasteiger partial charge is 0.464 e. The molecule has 0 amide bonds. The molecule has 0 fully saturated rings. The second-order valence-corrected chi connectivity index (χ2v) is 9.05. The van der Waals surface area contributed by atoms with Crippen molar-refractivity contribution in [3.8, 4) is 0 Å². The molecule has 0 radical (unpaired) electrons. The number of esters is 1. The van der Waals surface area contributed by atoms with Crippen LogP contribution in [0.15, 0.2) is 24.3 Å². The molecule has 0 bridgehead atoms. The third-order valence-electron chi connectivity index (χ3n) is 3.88. The van der Waals surface area contributed by atoms with Crippen molar-refractivity contribution >= 4 is 17.0 Å². The maximum absolute atomic E-state index is 15.1. The predicted molar refractivity (Wildman–Crippen MR) is 95.8 cm³/mol. The Kier molecular flexibility index (Phi) is 7.83. The van der Waals surface area contributed by atoms with Crippen LogP contribution in [-0.4, -0.2) is 33.9 Å². The Morgan fingerprint density at radius 1 is 1.23 bits per heavy atom. The quantitative estimate of drug-likeness (QED) is 0.685.